The number of hydrogen-bond acceptors (Lipinski definition) is 4. The van der Waals surface area contributed by atoms with Gasteiger partial charge in [0.05, 0.1) is 24.0 Å². The second kappa shape index (κ2) is 9.01. The molecule has 2 aliphatic rings. The Morgan fingerprint density at radius 2 is 1.87 bits per heavy atom. The fourth-order valence-corrected chi connectivity index (χ4v) is 6.12. The number of carbonyl (C=O) groups excluding carboxylic acids is 1. The van der Waals surface area contributed by atoms with Crippen molar-refractivity contribution in [1.29, 1.82) is 0 Å². The van der Waals surface area contributed by atoms with E-state index in [0.29, 0.717) is 19.4 Å². The number of carbonyl (C=O) groups is 1. The minimum absolute atomic E-state index is 0.0359. The van der Waals surface area contributed by atoms with E-state index in [4.69, 9.17) is 4.74 Å². The SMILES string of the molecule is COc1ccc2c(c1)CCC[C@H]2NC(=O)[C@@H]1CCCN(S(=O)(=O)c2ccc(C)cc2)C1. The number of methoxy groups -OCH3 is 1. The lowest BCUT2D eigenvalue weighted by Gasteiger charge is -2.33. The minimum Gasteiger partial charge on any atom is -0.497 e. The van der Waals surface area contributed by atoms with E-state index < -0.39 is 10.0 Å². The van der Waals surface area contributed by atoms with E-state index in [1.165, 1.54) is 9.87 Å². The van der Waals surface area contributed by atoms with E-state index in [2.05, 4.69) is 5.32 Å². The van der Waals surface area contributed by atoms with Gasteiger partial charge in [-0.2, -0.15) is 4.31 Å². The first kappa shape index (κ1) is 21.8. The van der Waals surface area contributed by atoms with Gasteiger partial charge in [0.15, 0.2) is 0 Å². The highest BCUT2D eigenvalue weighted by atomic mass is 32.2. The van der Waals surface area contributed by atoms with Crippen molar-refractivity contribution in [3.05, 3.63) is 59.2 Å². The number of ether oxygens (including phenoxy) is 1. The Morgan fingerprint density at radius 1 is 1.10 bits per heavy atom. The molecule has 1 N–H and O–H groups in total. The normalized spacial score (nSPS) is 21.9. The monoisotopic (exact) mass is 442 g/mol. The maximum absolute atomic E-state index is 13.1. The molecule has 31 heavy (non-hydrogen) atoms. The minimum atomic E-state index is -3.60. The van der Waals surface area contributed by atoms with Crippen LogP contribution in [0.1, 0.15) is 48.4 Å². The maximum atomic E-state index is 13.1. The molecule has 0 saturated carbocycles. The zero-order valence-electron chi connectivity index (χ0n) is 18.1. The zero-order chi connectivity index (χ0) is 22.0. The van der Waals surface area contributed by atoms with E-state index in [0.717, 1.165) is 36.1 Å². The fourth-order valence-electron chi connectivity index (χ4n) is 4.59. The van der Waals surface area contributed by atoms with Crippen LogP contribution in [0.25, 0.3) is 0 Å². The first-order valence-electron chi connectivity index (χ1n) is 10.9. The summed E-state index contributed by atoms with van der Waals surface area (Å²) in [5, 5.41) is 3.20. The molecule has 0 radical (unpaired) electrons. The largest absolute Gasteiger partial charge is 0.497 e. The van der Waals surface area contributed by atoms with Crippen molar-refractivity contribution in [2.75, 3.05) is 20.2 Å². The molecule has 7 heteroatoms. The molecule has 1 aliphatic carbocycles. The molecular formula is C24H30N2O4S. The number of nitrogens with one attached hydrogen (secondary N) is 1. The third-order valence-electron chi connectivity index (χ3n) is 6.39. The Balaban J connectivity index is 1.46. The number of fused-ring (bicyclic) bond motifs is 1. The molecule has 166 valence electrons. The number of piperidine rings is 1. The van der Waals surface area contributed by atoms with Crippen LogP contribution < -0.4 is 10.1 Å². The van der Waals surface area contributed by atoms with E-state index in [9.17, 15) is 13.2 Å². The first-order chi connectivity index (χ1) is 14.9. The molecule has 1 saturated heterocycles. The highest BCUT2D eigenvalue weighted by molar-refractivity contribution is 7.89. The summed E-state index contributed by atoms with van der Waals surface area (Å²) < 4.78 is 32.9. The van der Waals surface area contributed by atoms with Crippen molar-refractivity contribution in [2.45, 2.75) is 50.0 Å². The van der Waals surface area contributed by atoms with Crippen LogP contribution in [0.5, 0.6) is 5.75 Å². The van der Waals surface area contributed by atoms with Gasteiger partial charge in [-0.3, -0.25) is 4.79 Å². The summed E-state index contributed by atoms with van der Waals surface area (Å²) >= 11 is 0. The van der Waals surface area contributed by atoms with Crippen LogP contribution >= 0.6 is 0 Å². The summed E-state index contributed by atoms with van der Waals surface area (Å²) in [4.78, 5) is 13.4. The summed E-state index contributed by atoms with van der Waals surface area (Å²) in [6.07, 6.45) is 4.26. The number of amides is 1. The fraction of sp³-hybridized carbons (Fsp3) is 0.458. The van der Waals surface area contributed by atoms with Crippen LogP contribution in [0.3, 0.4) is 0 Å². The molecule has 2 aromatic rings. The zero-order valence-corrected chi connectivity index (χ0v) is 19.0. The number of sulfonamides is 1. The van der Waals surface area contributed by atoms with E-state index >= 15 is 0 Å². The Bertz CT molecular complexity index is 1050. The predicted octanol–water partition coefficient (Wildman–Crippen LogP) is 3.60. The molecule has 0 aromatic heterocycles. The molecule has 0 bridgehead atoms. The summed E-state index contributed by atoms with van der Waals surface area (Å²) in [7, 11) is -1.94. The molecule has 0 spiro atoms. The first-order valence-corrected chi connectivity index (χ1v) is 12.4. The molecule has 1 heterocycles. The smallest absolute Gasteiger partial charge is 0.243 e. The molecule has 0 unspecified atom stereocenters. The lowest BCUT2D eigenvalue weighted by molar-refractivity contribution is -0.127. The number of nitrogens with zero attached hydrogens (tertiary/aromatic N) is 1. The highest BCUT2D eigenvalue weighted by Gasteiger charge is 2.34. The van der Waals surface area contributed by atoms with Gasteiger partial charge in [0.25, 0.3) is 0 Å². The molecule has 2 aromatic carbocycles. The van der Waals surface area contributed by atoms with Crippen molar-refractivity contribution >= 4 is 15.9 Å². The predicted molar refractivity (Wildman–Crippen MR) is 119 cm³/mol. The standard InChI is InChI=1S/C24H30N2O4S/c1-17-8-11-21(12-9-17)31(28,29)26-14-4-6-19(16-26)24(27)25-23-7-3-5-18-15-20(30-2)10-13-22(18)23/h8-13,15,19,23H,3-7,14,16H2,1-2H3,(H,25,27)/t19-,23-/m1/s1. The van der Waals surface area contributed by atoms with Crippen molar-refractivity contribution < 1.29 is 17.9 Å². The Kier molecular flexibility index (Phi) is 6.34. The maximum Gasteiger partial charge on any atom is 0.243 e. The van der Waals surface area contributed by atoms with Gasteiger partial charge in [0.2, 0.25) is 15.9 Å². The number of aryl methyl sites for hydroxylation is 2. The van der Waals surface area contributed by atoms with Crippen LogP contribution in [0, 0.1) is 12.8 Å². The van der Waals surface area contributed by atoms with Crippen molar-refractivity contribution in [3.63, 3.8) is 0 Å². The van der Waals surface area contributed by atoms with Gasteiger partial charge < -0.3 is 10.1 Å². The summed E-state index contributed by atoms with van der Waals surface area (Å²) in [6.45, 7) is 2.60. The van der Waals surface area contributed by atoms with Crippen LogP contribution in [0.15, 0.2) is 47.4 Å². The van der Waals surface area contributed by atoms with Gasteiger partial charge in [-0.15, -0.1) is 0 Å². The average molecular weight is 443 g/mol. The van der Waals surface area contributed by atoms with Gasteiger partial charge in [-0.1, -0.05) is 23.8 Å². The van der Waals surface area contributed by atoms with Crippen LogP contribution in [0.4, 0.5) is 0 Å². The van der Waals surface area contributed by atoms with Gasteiger partial charge in [-0.25, -0.2) is 8.42 Å². The lowest BCUT2D eigenvalue weighted by Crippen LogP contribution is -2.46. The second-order valence-electron chi connectivity index (χ2n) is 8.53. The molecule has 1 fully saturated rings. The van der Waals surface area contributed by atoms with Gasteiger partial charge in [-0.05, 0) is 74.4 Å². The van der Waals surface area contributed by atoms with E-state index in [-0.39, 0.29) is 29.3 Å². The number of benzene rings is 2. The van der Waals surface area contributed by atoms with E-state index in [1.807, 2.05) is 25.1 Å². The number of hydrogen-bond donors (Lipinski definition) is 1. The van der Waals surface area contributed by atoms with Crippen molar-refractivity contribution in [2.24, 2.45) is 5.92 Å². The molecule has 1 amide bonds. The summed E-state index contributed by atoms with van der Waals surface area (Å²) in [5.41, 5.74) is 3.36. The Morgan fingerprint density at radius 3 is 2.61 bits per heavy atom. The molecule has 2 atom stereocenters. The van der Waals surface area contributed by atoms with Crippen molar-refractivity contribution in [1.82, 2.24) is 9.62 Å². The highest BCUT2D eigenvalue weighted by Crippen LogP contribution is 2.33. The second-order valence-corrected chi connectivity index (χ2v) is 10.5. The Hall–Kier alpha value is -2.38. The Labute approximate surface area is 184 Å². The van der Waals surface area contributed by atoms with Crippen LogP contribution in [-0.4, -0.2) is 38.8 Å². The summed E-state index contributed by atoms with van der Waals surface area (Å²) in [6, 6.07) is 12.9. The molecule has 4 rings (SSSR count). The average Bonchev–Trinajstić information content (AvgIpc) is 2.79. The molecule has 6 nitrogen and oxygen atoms in total. The topological polar surface area (TPSA) is 75.7 Å². The van der Waals surface area contributed by atoms with Gasteiger partial charge in [0, 0.05) is 13.1 Å². The van der Waals surface area contributed by atoms with Crippen molar-refractivity contribution in [3.8, 4) is 5.75 Å². The molecular weight excluding hydrogens is 412 g/mol. The van der Waals surface area contributed by atoms with E-state index in [1.54, 1.807) is 31.4 Å². The third-order valence-corrected chi connectivity index (χ3v) is 8.27. The van der Waals surface area contributed by atoms with Gasteiger partial charge in [0.1, 0.15) is 5.75 Å². The van der Waals surface area contributed by atoms with Gasteiger partial charge >= 0.3 is 0 Å². The van der Waals surface area contributed by atoms with Crippen LogP contribution in [0.2, 0.25) is 0 Å². The third kappa shape index (κ3) is 4.62. The molecule has 1 aliphatic heterocycles. The van der Waals surface area contributed by atoms with Crippen LogP contribution in [-0.2, 0) is 21.2 Å². The lowest BCUT2D eigenvalue weighted by atomic mass is 9.87. The summed E-state index contributed by atoms with van der Waals surface area (Å²) in [5.74, 6) is 0.435. The quantitative estimate of drug-likeness (QED) is 0.768. The number of rotatable bonds is 5.